The van der Waals surface area contributed by atoms with Gasteiger partial charge in [0.25, 0.3) is 10.0 Å². The third-order valence-corrected chi connectivity index (χ3v) is 5.04. The minimum absolute atomic E-state index is 0.324. The summed E-state index contributed by atoms with van der Waals surface area (Å²) in [4.78, 5) is 10.9. The van der Waals surface area contributed by atoms with E-state index in [4.69, 9.17) is 5.11 Å². The van der Waals surface area contributed by atoms with E-state index >= 15 is 0 Å². The number of carboxylic acids is 1. The van der Waals surface area contributed by atoms with E-state index in [1.165, 1.54) is 11.4 Å². The monoisotopic (exact) mass is 273 g/mol. The number of aromatic amines is 1. The molecular formula is C10H15N3O4S. The zero-order valence-electron chi connectivity index (χ0n) is 9.96. The molecule has 1 aromatic rings. The number of sulfonamides is 1. The van der Waals surface area contributed by atoms with E-state index in [0.29, 0.717) is 12.5 Å². The first-order valence-corrected chi connectivity index (χ1v) is 7.10. The summed E-state index contributed by atoms with van der Waals surface area (Å²) in [6.45, 7) is 0.417. The largest absolute Gasteiger partial charge is 0.478 e. The Morgan fingerprint density at radius 1 is 1.61 bits per heavy atom. The second-order valence-corrected chi connectivity index (χ2v) is 6.48. The molecule has 0 aromatic carbocycles. The molecule has 8 heteroatoms. The van der Waals surface area contributed by atoms with E-state index < -0.39 is 16.0 Å². The second kappa shape index (κ2) is 4.69. The van der Waals surface area contributed by atoms with Gasteiger partial charge in [-0.05, 0) is 18.8 Å². The lowest BCUT2D eigenvalue weighted by Crippen LogP contribution is -2.35. The normalized spacial score (nSPS) is 16.8. The molecule has 2 N–H and O–H groups in total. The predicted octanol–water partition coefficient (Wildman–Crippen LogP) is 0.528. The van der Waals surface area contributed by atoms with Crippen molar-refractivity contribution in [3.63, 3.8) is 0 Å². The van der Waals surface area contributed by atoms with Crippen LogP contribution in [0.15, 0.2) is 11.2 Å². The number of nitrogens with zero attached hydrogens (tertiary/aromatic N) is 2. The highest BCUT2D eigenvalue weighted by Gasteiger charge is 2.31. The van der Waals surface area contributed by atoms with Crippen molar-refractivity contribution in [2.45, 2.75) is 24.3 Å². The molecule has 0 amide bonds. The van der Waals surface area contributed by atoms with Gasteiger partial charge in [0.05, 0.1) is 6.20 Å². The number of hydrogen-bond acceptors (Lipinski definition) is 4. The Morgan fingerprint density at radius 2 is 2.28 bits per heavy atom. The molecule has 1 heterocycles. The molecular weight excluding hydrogens is 258 g/mol. The Bertz CT molecular complexity index is 547. The van der Waals surface area contributed by atoms with Gasteiger partial charge in [-0.15, -0.1) is 0 Å². The molecule has 0 unspecified atom stereocenters. The van der Waals surface area contributed by atoms with Gasteiger partial charge in [-0.2, -0.15) is 9.40 Å². The van der Waals surface area contributed by atoms with Crippen LogP contribution in [-0.2, 0) is 10.0 Å². The lowest BCUT2D eigenvalue weighted by Gasteiger charge is -2.29. The maximum Gasteiger partial charge on any atom is 0.340 e. The fraction of sp³-hybridized carbons (Fsp3) is 0.600. The van der Waals surface area contributed by atoms with Gasteiger partial charge in [-0.1, -0.05) is 6.42 Å². The Kier molecular flexibility index (Phi) is 3.40. The lowest BCUT2D eigenvalue weighted by atomic mass is 9.86. The van der Waals surface area contributed by atoms with Crippen LogP contribution in [0.3, 0.4) is 0 Å². The quantitative estimate of drug-likeness (QED) is 0.814. The lowest BCUT2D eigenvalue weighted by molar-refractivity contribution is 0.0692. The number of rotatable bonds is 5. The van der Waals surface area contributed by atoms with Gasteiger partial charge in [0, 0.05) is 13.6 Å². The molecule has 0 saturated heterocycles. The second-order valence-electron chi connectivity index (χ2n) is 4.50. The van der Waals surface area contributed by atoms with E-state index in [1.54, 1.807) is 0 Å². The summed E-state index contributed by atoms with van der Waals surface area (Å²) in [6.07, 6.45) is 4.18. The van der Waals surface area contributed by atoms with Crippen LogP contribution in [-0.4, -0.2) is 47.6 Å². The first kappa shape index (κ1) is 13.0. The van der Waals surface area contributed by atoms with Crippen molar-refractivity contribution in [1.29, 1.82) is 0 Å². The Balaban J connectivity index is 2.23. The SMILES string of the molecule is CN(CC1CCC1)S(=O)(=O)c1[nH]ncc1C(=O)O. The topological polar surface area (TPSA) is 103 Å². The average Bonchev–Trinajstić information content (AvgIpc) is 2.72. The van der Waals surface area contributed by atoms with Crippen LogP contribution in [0.25, 0.3) is 0 Å². The van der Waals surface area contributed by atoms with E-state index in [-0.39, 0.29) is 10.6 Å². The van der Waals surface area contributed by atoms with E-state index in [2.05, 4.69) is 10.2 Å². The van der Waals surface area contributed by atoms with Crippen LogP contribution in [0.5, 0.6) is 0 Å². The first-order valence-electron chi connectivity index (χ1n) is 5.66. The third-order valence-electron chi connectivity index (χ3n) is 3.24. The van der Waals surface area contributed by atoms with Crippen molar-refractivity contribution >= 4 is 16.0 Å². The van der Waals surface area contributed by atoms with E-state index in [1.807, 2.05) is 0 Å². The number of aromatic nitrogens is 2. The maximum absolute atomic E-state index is 12.2. The summed E-state index contributed by atoms with van der Waals surface area (Å²) < 4.78 is 25.6. The van der Waals surface area contributed by atoms with Crippen LogP contribution >= 0.6 is 0 Å². The highest BCUT2D eigenvalue weighted by molar-refractivity contribution is 7.89. The van der Waals surface area contributed by atoms with Gasteiger partial charge in [-0.3, -0.25) is 5.10 Å². The fourth-order valence-electron chi connectivity index (χ4n) is 1.92. The van der Waals surface area contributed by atoms with Crippen LogP contribution in [0.2, 0.25) is 0 Å². The predicted molar refractivity (Wildman–Crippen MR) is 62.7 cm³/mol. The standard InChI is InChI=1S/C10H15N3O4S/c1-13(6-7-3-2-4-7)18(16,17)9-8(10(14)15)5-11-12-9/h5,7H,2-4,6H2,1H3,(H,11,12)(H,14,15). The molecule has 100 valence electrons. The van der Waals surface area contributed by atoms with Crippen molar-refractivity contribution in [3.8, 4) is 0 Å². The molecule has 1 aliphatic carbocycles. The number of nitrogens with one attached hydrogen (secondary N) is 1. The molecule has 7 nitrogen and oxygen atoms in total. The highest BCUT2D eigenvalue weighted by Crippen LogP contribution is 2.28. The number of carboxylic acid groups (broad SMARTS) is 1. The number of aromatic carboxylic acids is 1. The molecule has 1 fully saturated rings. The number of hydrogen-bond donors (Lipinski definition) is 2. The van der Waals surface area contributed by atoms with Crippen LogP contribution in [0, 0.1) is 5.92 Å². The number of H-pyrrole nitrogens is 1. The molecule has 0 bridgehead atoms. The molecule has 0 spiro atoms. The fourth-order valence-corrected chi connectivity index (χ4v) is 3.22. The summed E-state index contributed by atoms with van der Waals surface area (Å²) >= 11 is 0. The summed E-state index contributed by atoms with van der Waals surface area (Å²) in [7, 11) is -2.35. The van der Waals surface area contributed by atoms with Crippen LogP contribution in [0.1, 0.15) is 29.6 Å². The van der Waals surface area contributed by atoms with Crippen molar-refractivity contribution in [3.05, 3.63) is 11.8 Å². The van der Waals surface area contributed by atoms with Gasteiger partial charge >= 0.3 is 5.97 Å². The van der Waals surface area contributed by atoms with Gasteiger partial charge in [-0.25, -0.2) is 13.2 Å². The van der Waals surface area contributed by atoms with Gasteiger partial charge in [0.15, 0.2) is 5.03 Å². The zero-order chi connectivity index (χ0) is 13.3. The van der Waals surface area contributed by atoms with Gasteiger partial charge in [0.1, 0.15) is 5.56 Å². The smallest absolute Gasteiger partial charge is 0.340 e. The summed E-state index contributed by atoms with van der Waals surface area (Å²) in [5.74, 6) is -0.930. The van der Waals surface area contributed by atoms with Crippen molar-refractivity contribution in [2.75, 3.05) is 13.6 Å². The maximum atomic E-state index is 12.2. The van der Waals surface area contributed by atoms with Crippen molar-refractivity contribution < 1.29 is 18.3 Å². The van der Waals surface area contributed by atoms with Gasteiger partial charge < -0.3 is 5.11 Å². The Labute approximate surface area is 105 Å². The molecule has 18 heavy (non-hydrogen) atoms. The minimum atomic E-state index is -3.81. The number of carbonyl (C=O) groups is 1. The highest BCUT2D eigenvalue weighted by atomic mass is 32.2. The van der Waals surface area contributed by atoms with E-state index in [0.717, 1.165) is 25.5 Å². The van der Waals surface area contributed by atoms with Crippen LogP contribution in [0.4, 0.5) is 0 Å². The molecule has 2 rings (SSSR count). The molecule has 0 radical (unpaired) electrons. The minimum Gasteiger partial charge on any atom is -0.478 e. The van der Waals surface area contributed by atoms with Crippen LogP contribution < -0.4 is 0 Å². The molecule has 1 aromatic heterocycles. The summed E-state index contributed by atoms with van der Waals surface area (Å²) in [5, 5.41) is 14.3. The molecule has 1 saturated carbocycles. The van der Waals surface area contributed by atoms with E-state index in [9.17, 15) is 13.2 Å². The summed E-state index contributed by atoms with van der Waals surface area (Å²) in [5.41, 5.74) is -0.324. The van der Waals surface area contributed by atoms with Gasteiger partial charge in [0.2, 0.25) is 0 Å². The average molecular weight is 273 g/mol. The van der Waals surface area contributed by atoms with Crippen molar-refractivity contribution in [1.82, 2.24) is 14.5 Å². The molecule has 0 aliphatic heterocycles. The zero-order valence-corrected chi connectivity index (χ0v) is 10.8. The Morgan fingerprint density at radius 3 is 2.78 bits per heavy atom. The Hall–Kier alpha value is -1.41. The third kappa shape index (κ3) is 2.25. The molecule has 0 atom stereocenters. The van der Waals surface area contributed by atoms with Crippen molar-refractivity contribution in [2.24, 2.45) is 5.92 Å². The first-order chi connectivity index (χ1) is 8.43. The summed E-state index contributed by atoms with van der Waals surface area (Å²) in [6, 6.07) is 0. The molecule has 1 aliphatic rings.